The summed E-state index contributed by atoms with van der Waals surface area (Å²) in [5.41, 5.74) is 0. The number of carbonyl (C=O) groups excluding carboxylic acids is 2. The lowest BCUT2D eigenvalue weighted by Crippen LogP contribution is -2.45. The van der Waals surface area contributed by atoms with E-state index >= 15 is 0 Å². The molecular formula is C18H24ClN3O3. The van der Waals surface area contributed by atoms with Crippen molar-refractivity contribution in [1.29, 1.82) is 0 Å². The van der Waals surface area contributed by atoms with Crippen LogP contribution >= 0.6 is 11.6 Å². The summed E-state index contributed by atoms with van der Waals surface area (Å²) in [6, 6.07) is 3.95. The number of esters is 1. The molecule has 0 atom stereocenters. The van der Waals surface area contributed by atoms with Crippen molar-refractivity contribution in [1.82, 2.24) is 9.88 Å². The zero-order chi connectivity index (χ0) is 17.8. The molecule has 0 bridgehead atoms. The van der Waals surface area contributed by atoms with Gasteiger partial charge in [0.1, 0.15) is 12.4 Å². The number of aromatic nitrogens is 1. The van der Waals surface area contributed by atoms with Gasteiger partial charge in [-0.3, -0.25) is 9.59 Å². The van der Waals surface area contributed by atoms with E-state index < -0.39 is 0 Å². The molecule has 2 heterocycles. The number of nitrogens with zero attached hydrogens (tertiary/aromatic N) is 3. The second kappa shape index (κ2) is 8.04. The van der Waals surface area contributed by atoms with Gasteiger partial charge in [0.25, 0.3) is 0 Å². The Balaban J connectivity index is 1.56. The molecule has 1 amide bonds. The second-order valence-electron chi connectivity index (χ2n) is 6.60. The van der Waals surface area contributed by atoms with Crippen molar-refractivity contribution in [3.63, 3.8) is 0 Å². The molecule has 2 aliphatic rings. The molecule has 1 saturated heterocycles. The zero-order valence-corrected chi connectivity index (χ0v) is 15.2. The molecule has 2 fully saturated rings. The Morgan fingerprint density at radius 3 is 2.56 bits per heavy atom. The number of hydrogen-bond acceptors (Lipinski definition) is 5. The van der Waals surface area contributed by atoms with E-state index in [4.69, 9.17) is 16.3 Å². The van der Waals surface area contributed by atoms with E-state index in [1.165, 1.54) is 0 Å². The number of piperidine rings is 1. The van der Waals surface area contributed by atoms with Crippen molar-refractivity contribution < 1.29 is 14.3 Å². The summed E-state index contributed by atoms with van der Waals surface area (Å²) in [7, 11) is 0. The molecule has 0 aromatic carbocycles. The molecule has 6 nitrogen and oxygen atoms in total. The van der Waals surface area contributed by atoms with Crippen LogP contribution in [0.5, 0.6) is 0 Å². The van der Waals surface area contributed by atoms with Crippen LogP contribution in [0.4, 0.5) is 5.82 Å². The first-order chi connectivity index (χ1) is 12.1. The van der Waals surface area contributed by atoms with Crippen molar-refractivity contribution in [3.05, 3.63) is 23.4 Å². The Kier molecular flexibility index (Phi) is 5.78. The van der Waals surface area contributed by atoms with Gasteiger partial charge in [0, 0.05) is 31.2 Å². The van der Waals surface area contributed by atoms with Gasteiger partial charge in [0.15, 0.2) is 0 Å². The van der Waals surface area contributed by atoms with Gasteiger partial charge in [-0.1, -0.05) is 11.6 Å². The van der Waals surface area contributed by atoms with Crippen molar-refractivity contribution in [2.45, 2.75) is 38.6 Å². The van der Waals surface area contributed by atoms with Crippen LogP contribution in [0.1, 0.15) is 32.6 Å². The lowest BCUT2D eigenvalue weighted by Gasteiger charge is -2.34. The highest BCUT2D eigenvalue weighted by atomic mass is 35.5. The largest absolute Gasteiger partial charge is 0.465 e. The SMILES string of the molecule is CCOC(=O)CN(C(=O)C1CCN(c2ccc(Cl)cn2)CC1)C1CC1. The number of hydrogen-bond donors (Lipinski definition) is 0. The number of carbonyl (C=O) groups is 2. The molecule has 1 aliphatic heterocycles. The van der Waals surface area contributed by atoms with E-state index in [1.54, 1.807) is 18.0 Å². The molecule has 3 rings (SSSR count). The van der Waals surface area contributed by atoms with Gasteiger partial charge in [-0.2, -0.15) is 0 Å². The summed E-state index contributed by atoms with van der Waals surface area (Å²) >= 11 is 5.88. The first kappa shape index (κ1) is 18.0. The van der Waals surface area contributed by atoms with Crippen molar-refractivity contribution in [2.24, 2.45) is 5.92 Å². The summed E-state index contributed by atoms with van der Waals surface area (Å²) < 4.78 is 5.01. The third-order valence-electron chi connectivity index (χ3n) is 4.76. The van der Waals surface area contributed by atoms with Crippen LogP contribution in [0.25, 0.3) is 0 Å². The highest BCUT2D eigenvalue weighted by molar-refractivity contribution is 6.30. The van der Waals surface area contributed by atoms with E-state index in [1.807, 2.05) is 12.1 Å². The fraction of sp³-hybridized carbons (Fsp3) is 0.611. The van der Waals surface area contributed by atoms with E-state index in [0.717, 1.165) is 44.6 Å². The molecule has 7 heteroatoms. The van der Waals surface area contributed by atoms with Crippen LogP contribution in [0.2, 0.25) is 5.02 Å². The van der Waals surface area contributed by atoms with E-state index in [9.17, 15) is 9.59 Å². The molecule has 136 valence electrons. The third kappa shape index (κ3) is 4.63. The minimum absolute atomic E-state index is 0.0291. The summed E-state index contributed by atoms with van der Waals surface area (Å²) in [6.07, 6.45) is 5.16. The number of halogens is 1. The Hall–Kier alpha value is -1.82. The Bertz CT molecular complexity index is 610. The van der Waals surface area contributed by atoms with Gasteiger partial charge in [0.05, 0.1) is 11.6 Å². The third-order valence-corrected chi connectivity index (χ3v) is 4.98. The van der Waals surface area contributed by atoms with Crippen molar-refractivity contribution >= 4 is 29.3 Å². The number of pyridine rings is 1. The molecule has 0 N–H and O–H groups in total. The maximum atomic E-state index is 12.9. The predicted octanol–water partition coefficient (Wildman–Crippen LogP) is 2.51. The molecule has 1 aromatic heterocycles. The Morgan fingerprint density at radius 1 is 1.28 bits per heavy atom. The molecule has 0 spiro atoms. The topological polar surface area (TPSA) is 62.7 Å². The van der Waals surface area contributed by atoms with Crippen LogP contribution < -0.4 is 4.90 Å². The lowest BCUT2D eigenvalue weighted by atomic mass is 9.95. The minimum Gasteiger partial charge on any atom is -0.465 e. The molecule has 25 heavy (non-hydrogen) atoms. The predicted molar refractivity (Wildman–Crippen MR) is 95.6 cm³/mol. The molecular weight excluding hydrogens is 342 g/mol. The fourth-order valence-corrected chi connectivity index (χ4v) is 3.38. The molecule has 1 aliphatic carbocycles. The van der Waals surface area contributed by atoms with E-state index in [-0.39, 0.29) is 30.4 Å². The number of ether oxygens (including phenoxy) is 1. The van der Waals surface area contributed by atoms with Gasteiger partial charge in [-0.05, 0) is 44.7 Å². The average Bonchev–Trinajstić information content (AvgIpc) is 3.45. The van der Waals surface area contributed by atoms with Gasteiger partial charge in [0.2, 0.25) is 5.91 Å². The summed E-state index contributed by atoms with van der Waals surface area (Å²) in [4.78, 5) is 32.9. The first-order valence-corrected chi connectivity index (χ1v) is 9.29. The highest BCUT2D eigenvalue weighted by Crippen LogP contribution is 2.31. The average molecular weight is 366 g/mol. The number of amides is 1. The maximum absolute atomic E-state index is 12.9. The number of rotatable bonds is 6. The Morgan fingerprint density at radius 2 is 2.00 bits per heavy atom. The van der Waals surface area contributed by atoms with Crippen molar-refractivity contribution in [3.8, 4) is 0 Å². The van der Waals surface area contributed by atoms with Gasteiger partial charge >= 0.3 is 5.97 Å². The second-order valence-corrected chi connectivity index (χ2v) is 7.03. The standard InChI is InChI=1S/C18H24ClN3O3/c1-2-25-17(23)12-22(15-4-5-15)18(24)13-7-9-21(10-8-13)16-6-3-14(19)11-20-16/h3,6,11,13,15H,2,4-5,7-10,12H2,1H3. The first-order valence-electron chi connectivity index (χ1n) is 8.91. The van der Waals surface area contributed by atoms with Gasteiger partial charge in [-0.25, -0.2) is 4.98 Å². The van der Waals surface area contributed by atoms with Gasteiger partial charge < -0.3 is 14.5 Å². The highest BCUT2D eigenvalue weighted by Gasteiger charge is 2.38. The number of anilines is 1. The molecule has 1 saturated carbocycles. The molecule has 1 aromatic rings. The van der Waals surface area contributed by atoms with E-state index in [2.05, 4.69) is 9.88 Å². The van der Waals surface area contributed by atoms with Crippen LogP contribution in [-0.2, 0) is 14.3 Å². The minimum atomic E-state index is -0.314. The maximum Gasteiger partial charge on any atom is 0.325 e. The summed E-state index contributed by atoms with van der Waals surface area (Å²) in [6.45, 7) is 3.77. The molecule has 0 radical (unpaired) electrons. The smallest absolute Gasteiger partial charge is 0.325 e. The molecule has 0 unspecified atom stereocenters. The van der Waals surface area contributed by atoms with E-state index in [0.29, 0.717) is 11.6 Å². The fourth-order valence-electron chi connectivity index (χ4n) is 3.26. The van der Waals surface area contributed by atoms with Crippen molar-refractivity contribution in [2.75, 3.05) is 31.1 Å². The Labute approximate surface area is 153 Å². The normalized spacial score (nSPS) is 18.1. The van der Waals surface area contributed by atoms with Crippen LogP contribution in [0.15, 0.2) is 18.3 Å². The summed E-state index contributed by atoms with van der Waals surface area (Å²) in [5.74, 6) is 0.643. The van der Waals surface area contributed by atoms with Gasteiger partial charge in [-0.15, -0.1) is 0 Å². The van der Waals surface area contributed by atoms with Crippen LogP contribution in [0, 0.1) is 5.92 Å². The zero-order valence-electron chi connectivity index (χ0n) is 14.5. The van der Waals surface area contributed by atoms with Crippen LogP contribution in [-0.4, -0.2) is 54.0 Å². The summed E-state index contributed by atoms with van der Waals surface area (Å²) in [5, 5.41) is 0.618. The monoisotopic (exact) mass is 365 g/mol. The lowest BCUT2D eigenvalue weighted by molar-refractivity contribution is -0.151. The van der Waals surface area contributed by atoms with Crippen LogP contribution in [0.3, 0.4) is 0 Å². The quantitative estimate of drug-likeness (QED) is 0.725.